The van der Waals surface area contributed by atoms with Crippen LogP contribution >= 0.6 is 15.9 Å². The van der Waals surface area contributed by atoms with E-state index in [-0.39, 0.29) is 23.5 Å². The van der Waals surface area contributed by atoms with Crippen LogP contribution in [0.3, 0.4) is 0 Å². The molecule has 2 saturated carbocycles. The van der Waals surface area contributed by atoms with Crippen molar-refractivity contribution >= 4 is 21.8 Å². The molecule has 4 heterocycles. The molecule has 0 unspecified atom stereocenters. The first kappa shape index (κ1) is 16.4. The summed E-state index contributed by atoms with van der Waals surface area (Å²) in [6.07, 6.45) is 3.92. The highest BCUT2D eigenvalue weighted by atomic mass is 79.9. The van der Waals surface area contributed by atoms with E-state index in [9.17, 15) is 9.18 Å². The molecular formula is C19H16BrFN6O. The van der Waals surface area contributed by atoms with Crippen molar-refractivity contribution in [3.8, 4) is 22.9 Å². The second-order valence-corrected chi connectivity index (χ2v) is 8.72. The number of carbonyl (C=O) groups is 1. The fourth-order valence-corrected chi connectivity index (χ4v) is 4.77. The third-order valence-corrected chi connectivity index (χ3v) is 6.68. The molecule has 7 rings (SSSR count). The zero-order valence-corrected chi connectivity index (χ0v) is 16.3. The lowest BCUT2D eigenvalue weighted by atomic mass is 9.75. The molecule has 2 fully saturated rings. The molecule has 4 aliphatic rings. The third kappa shape index (κ3) is 2.19. The fraction of sp³-hybridized carbons (Fsp3) is 0.368. The molecular weight excluding hydrogens is 427 g/mol. The van der Waals surface area contributed by atoms with Crippen LogP contribution in [0.4, 0.5) is 4.39 Å². The van der Waals surface area contributed by atoms with Crippen molar-refractivity contribution in [2.24, 2.45) is 5.73 Å². The SMILES string of the molecule is NC(=O)c1nc2n(c1-c1n[nH]c(C3CC3)n1)C1CC(C1)c1cc(F)c(Br)cc1-2. The van der Waals surface area contributed by atoms with Crippen molar-refractivity contribution in [1.29, 1.82) is 0 Å². The normalized spacial score (nSPS) is 22.2. The van der Waals surface area contributed by atoms with Gasteiger partial charge in [-0.3, -0.25) is 9.89 Å². The number of hydrogen-bond acceptors (Lipinski definition) is 4. The van der Waals surface area contributed by atoms with Gasteiger partial charge in [-0.2, -0.15) is 5.10 Å². The maximum atomic E-state index is 14.2. The van der Waals surface area contributed by atoms with Gasteiger partial charge in [0.2, 0.25) is 0 Å². The monoisotopic (exact) mass is 442 g/mol. The van der Waals surface area contributed by atoms with Gasteiger partial charge in [0.15, 0.2) is 11.5 Å². The van der Waals surface area contributed by atoms with Gasteiger partial charge in [0, 0.05) is 17.5 Å². The van der Waals surface area contributed by atoms with Gasteiger partial charge in [0.25, 0.3) is 5.91 Å². The topological polar surface area (TPSA) is 102 Å². The molecule has 142 valence electrons. The highest BCUT2D eigenvalue weighted by Crippen LogP contribution is 2.54. The van der Waals surface area contributed by atoms with Crippen molar-refractivity contribution in [3.05, 3.63) is 39.5 Å². The largest absolute Gasteiger partial charge is 0.364 e. The van der Waals surface area contributed by atoms with Crippen molar-refractivity contribution in [2.75, 3.05) is 0 Å². The predicted molar refractivity (Wildman–Crippen MR) is 102 cm³/mol. The minimum atomic E-state index is -0.619. The number of nitrogens with two attached hydrogens (primary N) is 1. The number of rotatable bonds is 3. The Morgan fingerprint density at radius 3 is 2.75 bits per heavy atom. The summed E-state index contributed by atoms with van der Waals surface area (Å²) in [7, 11) is 0. The van der Waals surface area contributed by atoms with Crippen molar-refractivity contribution in [3.63, 3.8) is 0 Å². The molecule has 3 N–H and O–H groups in total. The number of carbonyl (C=O) groups excluding carboxylic acids is 1. The van der Waals surface area contributed by atoms with E-state index in [1.807, 2.05) is 4.57 Å². The highest BCUT2D eigenvalue weighted by Gasteiger charge is 2.42. The van der Waals surface area contributed by atoms with Crippen molar-refractivity contribution in [1.82, 2.24) is 24.7 Å². The van der Waals surface area contributed by atoms with Gasteiger partial charge in [0.1, 0.15) is 23.2 Å². The Morgan fingerprint density at radius 2 is 2.04 bits per heavy atom. The lowest BCUT2D eigenvalue weighted by Gasteiger charge is -2.35. The molecule has 2 bridgehead atoms. The predicted octanol–water partition coefficient (Wildman–Crippen LogP) is 3.65. The number of amides is 1. The number of H-pyrrole nitrogens is 1. The molecule has 0 spiro atoms. The van der Waals surface area contributed by atoms with E-state index in [4.69, 9.17) is 5.73 Å². The molecule has 9 heteroatoms. The summed E-state index contributed by atoms with van der Waals surface area (Å²) >= 11 is 3.28. The van der Waals surface area contributed by atoms with Crippen molar-refractivity contribution in [2.45, 2.75) is 43.6 Å². The zero-order valence-electron chi connectivity index (χ0n) is 14.7. The number of aromatic nitrogens is 5. The summed E-state index contributed by atoms with van der Waals surface area (Å²) in [6.45, 7) is 0. The van der Waals surface area contributed by atoms with Crippen LogP contribution < -0.4 is 5.73 Å². The Hall–Kier alpha value is -2.55. The third-order valence-electron chi connectivity index (χ3n) is 6.07. The van der Waals surface area contributed by atoms with Gasteiger partial charge in [-0.1, -0.05) is 0 Å². The van der Waals surface area contributed by atoms with E-state index in [0.29, 0.717) is 27.7 Å². The van der Waals surface area contributed by atoms with Gasteiger partial charge in [-0.25, -0.2) is 14.4 Å². The van der Waals surface area contributed by atoms with E-state index in [2.05, 4.69) is 36.1 Å². The van der Waals surface area contributed by atoms with Crippen LogP contribution in [0.1, 0.15) is 65.4 Å². The number of nitrogens with zero attached hydrogens (tertiary/aromatic N) is 4. The number of hydrogen-bond donors (Lipinski definition) is 2. The molecule has 1 amide bonds. The van der Waals surface area contributed by atoms with Crippen LogP contribution in [0.25, 0.3) is 22.9 Å². The number of benzene rings is 1. The Bertz CT molecular complexity index is 1160. The summed E-state index contributed by atoms with van der Waals surface area (Å²) in [4.78, 5) is 21.4. The second-order valence-electron chi connectivity index (χ2n) is 7.86. The maximum Gasteiger partial charge on any atom is 0.269 e. The fourth-order valence-electron chi connectivity index (χ4n) is 4.43. The van der Waals surface area contributed by atoms with Crippen LogP contribution in [-0.4, -0.2) is 30.6 Å². The second kappa shape index (κ2) is 5.50. The minimum absolute atomic E-state index is 0.160. The molecule has 1 aromatic carbocycles. The van der Waals surface area contributed by atoms with Crippen LogP contribution in [0.2, 0.25) is 0 Å². The summed E-state index contributed by atoms with van der Waals surface area (Å²) in [5.74, 6) is 1.70. The number of nitrogens with one attached hydrogen (secondary N) is 1. The van der Waals surface area contributed by atoms with E-state index in [1.165, 1.54) is 0 Å². The van der Waals surface area contributed by atoms with E-state index >= 15 is 0 Å². The quantitative estimate of drug-likeness (QED) is 0.645. The Labute approximate surface area is 167 Å². The molecule has 2 aliphatic heterocycles. The molecule has 0 radical (unpaired) electrons. The van der Waals surface area contributed by atoms with Crippen LogP contribution in [-0.2, 0) is 0 Å². The number of halogens is 2. The summed E-state index contributed by atoms with van der Waals surface area (Å²) in [6, 6.07) is 3.48. The highest BCUT2D eigenvalue weighted by molar-refractivity contribution is 9.10. The molecule has 28 heavy (non-hydrogen) atoms. The molecule has 2 aliphatic carbocycles. The first-order chi connectivity index (χ1) is 13.5. The smallest absolute Gasteiger partial charge is 0.269 e. The summed E-state index contributed by atoms with van der Waals surface area (Å²) < 4.78 is 16.6. The molecule has 2 aromatic heterocycles. The van der Waals surface area contributed by atoms with Gasteiger partial charge >= 0.3 is 0 Å². The first-order valence-electron chi connectivity index (χ1n) is 9.35. The lowest BCUT2D eigenvalue weighted by molar-refractivity contribution is 0.0996. The first-order valence-corrected chi connectivity index (χ1v) is 10.1. The average molecular weight is 443 g/mol. The number of aromatic amines is 1. The van der Waals surface area contributed by atoms with Crippen LogP contribution in [0.5, 0.6) is 0 Å². The van der Waals surface area contributed by atoms with Gasteiger partial charge < -0.3 is 10.3 Å². The molecule has 0 saturated heterocycles. The van der Waals surface area contributed by atoms with E-state index in [0.717, 1.165) is 42.6 Å². The van der Waals surface area contributed by atoms with Gasteiger partial charge in [-0.15, -0.1) is 0 Å². The Kier molecular flexibility index (Phi) is 3.22. The average Bonchev–Trinajstić information content (AvgIpc) is 3.28. The summed E-state index contributed by atoms with van der Waals surface area (Å²) in [5, 5.41) is 7.36. The molecule has 3 aromatic rings. The number of primary amides is 1. The molecule has 7 nitrogen and oxygen atoms in total. The van der Waals surface area contributed by atoms with E-state index < -0.39 is 5.91 Å². The van der Waals surface area contributed by atoms with Crippen LogP contribution in [0, 0.1) is 5.82 Å². The van der Waals surface area contributed by atoms with Gasteiger partial charge in [-0.05, 0) is 65.2 Å². The maximum absolute atomic E-state index is 14.2. The summed E-state index contributed by atoms with van der Waals surface area (Å²) in [5.41, 5.74) is 8.13. The lowest BCUT2D eigenvalue weighted by Crippen LogP contribution is -2.24. The van der Waals surface area contributed by atoms with Crippen molar-refractivity contribution < 1.29 is 9.18 Å². The van der Waals surface area contributed by atoms with Crippen LogP contribution in [0.15, 0.2) is 16.6 Å². The minimum Gasteiger partial charge on any atom is -0.364 e. The zero-order chi connectivity index (χ0) is 19.2. The Balaban J connectivity index is 1.62. The number of imidazole rings is 1. The van der Waals surface area contributed by atoms with E-state index in [1.54, 1.807) is 12.1 Å². The molecule has 0 atom stereocenters. The standard InChI is InChI=1S/C19H16BrFN6O/c20-12-5-11-10(6-13(12)21)8-3-9(4-8)27-15(14(16(22)28)23-19(11)27)18-24-17(25-26-18)7-1-2-7/h5-9H,1-4H2,(H2,22,28)(H,24,25,26). The van der Waals surface area contributed by atoms with Gasteiger partial charge in [0.05, 0.1) is 4.47 Å². The Morgan fingerprint density at radius 1 is 1.25 bits per heavy atom.